The van der Waals surface area contributed by atoms with Crippen molar-refractivity contribution in [3.05, 3.63) is 85.0 Å². The number of ether oxygens (including phenoxy) is 2. The zero-order valence-corrected chi connectivity index (χ0v) is 25.0. The molecule has 0 unspecified atom stereocenters. The van der Waals surface area contributed by atoms with E-state index in [4.69, 9.17) is 21.1 Å². The first-order valence-corrected chi connectivity index (χ1v) is 13.5. The van der Waals surface area contributed by atoms with Gasteiger partial charge in [0, 0.05) is 10.7 Å². The molecule has 0 atom stereocenters. The third-order valence-corrected chi connectivity index (χ3v) is 7.49. The largest absolute Gasteiger partial charge is 0.493 e. The topological polar surface area (TPSA) is 114 Å². The highest BCUT2D eigenvalue weighted by molar-refractivity contribution is 14.1. The van der Waals surface area contributed by atoms with Crippen molar-refractivity contribution in [3.8, 4) is 11.5 Å². The van der Waals surface area contributed by atoms with Crippen molar-refractivity contribution in [1.29, 1.82) is 0 Å². The summed E-state index contributed by atoms with van der Waals surface area (Å²) in [5.41, 5.74) is 3.82. The lowest BCUT2D eigenvalue weighted by molar-refractivity contribution is -0.122. The molecule has 1 heterocycles. The number of imide groups is 2. The van der Waals surface area contributed by atoms with Crippen LogP contribution in [0.1, 0.15) is 22.3 Å². The molecule has 206 valence electrons. The number of hydrogen-bond donors (Lipinski definition) is 2. The SMILES string of the molecule is COc1cc(/C=C2/C(=O)NC(=O)N(c3cccc(Cl)c3C)C2=O)cc(I)c1OCC(=O)Nc1ccc(C)c(C)c1. The van der Waals surface area contributed by atoms with E-state index < -0.39 is 17.8 Å². The van der Waals surface area contributed by atoms with Crippen molar-refractivity contribution in [2.45, 2.75) is 20.8 Å². The van der Waals surface area contributed by atoms with Crippen molar-refractivity contribution in [1.82, 2.24) is 5.32 Å². The van der Waals surface area contributed by atoms with Crippen LogP contribution in [-0.2, 0) is 14.4 Å². The Morgan fingerprint density at radius 1 is 1.07 bits per heavy atom. The maximum absolute atomic E-state index is 13.3. The Bertz CT molecular complexity index is 1590. The van der Waals surface area contributed by atoms with E-state index in [-0.39, 0.29) is 23.8 Å². The molecule has 2 N–H and O–H groups in total. The quantitative estimate of drug-likeness (QED) is 0.193. The van der Waals surface area contributed by atoms with Crippen LogP contribution in [0.15, 0.2) is 54.1 Å². The third kappa shape index (κ3) is 6.13. The second-order valence-electron chi connectivity index (χ2n) is 9.01. The second kappa shape index (κ2) is 12.1. The molecular formula is C29H25ClIN3O6. The number of urea groups is 1. The number of rotatable bonds is 7. The molecular weight excluding hydrogens is 649 g/mol. The lowest BCUT2D eigenvalue weighted by Crippen LogP contribution is -2.54. The van der Waals surface area contributed by atoms with Gasteiger partial charge in [0.25, 0.3) is 17.7 Å². The van der Waals surface area contributed by atoms with Gasteiger partial charge in [0.15, 0.2) is 18.1 Å². The fourth-order valence-electron chi connectivity index (χ4n) is 4.00. The van der Waals surface area contributed by atoms with Gasteiger partial charge in [0.05, 0.1) is 16.4 Å². The van der Waals surface area contributed by atoms with Crippen LogP contribution in [-0.4, -0.2) is 37.5 Å². The van der Waals surface area contributed by atoms with E-state index in [9.17, 15) is 19.2 Å². The van der Waals surface area contributed by atoms with Crippen molar-refractivity contribution in [3.63, 3.8) is 0 Å². The summed E-state index contributed by atoms with van der Waals surface area (Å²) in [4.78, 5) is 51.9. The van der Waals surface area contributed by atoms with Gasteiger partial charge in [-0.25, -0.2) is 9.69 Å². The zero-order valence-electron chi connectivity index (χ0n) is 22.1. The average molecular weight is 674 g/mol. The van der Waals surface area contributed by atoms with Crippen LogP contribution < -0.4 is 25.0 Å². The smallest absolute Gasteiger partial charge is 0.335 e. The van der Waals surface area contributed by atoms with Gasteiger partial charge in [-0.2, -0.15) is 0 Å². The van der Waals surface area contributed by atoms with Crippen LogP contribution in [0.3, 0.4) is 0 Å². The number of aryl methyl sites for hydroxylation is 2. The molecule has 0 aliphatic carbocycles. The van der Waals surface area contributed by atoms with Crippen LogP contribution in [0.5, 0.6) is 11.5 Å². The van der Waals surface area contributed by atoms with Crippen LogP contribution in [0.25, 0.3) is 6.08 Å². The monoisotopic (exact) mass is 673 g/mol. The van der Waals surface area contributed by atoms with Crippen LogP contribution in [0, 0.1) is 24.3 Å². The number of nitrogens with one attached hydrogen (secondary N) is 2. The number of carbonyl (C=O) groups excluding carboxylic acids is 4. The molecule has 1 aliphatic heterocycles. The minimum Gasteiger partial charge on any atom is -0.493 e. The Morgan fingerprint density at radius 2 is 1.82 bits per heavy atom. The molecule has 1 fully saturated rings. The highest BCUT2D eigenvalue weighted by atomic mass is 127. The van der Waals surface area contributed by atoms with Crippen molar-refractivity contribution < 1.29 is 28.7 Å². The Kier molecular flexibility index (Phi) is 8.79. The fraction of sp³-hybridized carbons (Fsp3) is 0.172. The molecule has 0 spiro atoms. The molecule has 0 radical (unpaired) electrons. The molecule has 9 nitrogen and oxygen atoms in total. The maximum atomic E-state index is 13.3. The van der Waals surface area contributed by atoms with E-state index in [1.165, 1.54) is 13.2 Å². The predicted molar refractivity (Wildman–Crippen MR) is 161 cm³/mol. The van der Waals surface area contributed by atoms with E-state index in [0.29, 0.717) is 36.9 Å². The lowest BCUT2D eigenvalue weighted by Gasteiger charge is -2.27. The average Bonchev–Trinajstić information content (AvgIpc) is 2.90. The molecule has 3 aromatic rings. The molecule has 4 rings (SSSR count). The Morgan fingerprint density at radius 3 is 2.52 bits per heavy atom. The molecule has 3 aromatic carbocycles. The minimum absolute atomic E-state index is 0.252. The van der Waals surface area contributed by atoms with Crippen molar-refractivity contribution >= 4 is 75.4 Å². The van der Waals surface area contributed by atoms with Gasteiger partial charge in [0.1, 0.15) is 5.57 Å². The van der Waals surface area contributed by atoms with Crippen molar-refractivity contribution in [2.24, 2.45) is 0 Å². The predicted octanol–water partition coefficient (Wildman–Crippen LogP) is 5.56. The summed E-state index contributed by atoms with van der Waals surface area (Å²) in [5.74, 6) is -1.36. The molecule has 11 heteroatoms. The summed E-state index contributed by atoms with van der Waals surface area (Å²) in [6, 6.07) is 12.8. The first kappa shape index (κ1) is 29.1. The molecule has 1 saturated heterocycles. The van der Waals surface area contributed by atoms with E-state index in [2.05, 4.69) is 10.6 Å². The van der Waals surface area contributed by atoms with E-state index >= 15 is 0 Å². The van der Waals surface area contributed by atoms with Gasteiger partial charge in [0.2, 0.25) is 0 Å². The number of benzene rings is 3. The molecule has 40 heavy (non-hydrogen) atoms. The maximum Gasteiger partial charge on any atom is 0.335 e. The number of nitrogens with zero attached hydrogens (tertiary/aromatic N) is 1. The normalized spacial score (nSPS) is 14.3. The van der Waals surface area contributed by atoms with Gasteiger partial charge in [-0.1, -0.05) is 23.7 Å². The van der Waals surface area contributed by atoms with E-state index in [0.717, 1.165) is 16.0 Å². The van der Waals surface area contributed by atoms with Crippen LogP contribution >= 0.6 is 34.2 Å². The lowest BCUT2D eigenvalue weighted by atomic mass is 10.1. The van der Waals surface area contributed by atoms with E-state index in [1.807, 2.05) is 54.6 Å². The van der Waals surface area contributed by atoms with Gasteiger partial charge in [-0.3, -0.25) is 19.7 Å². The summed E-state index contributed by atoms with van der Waals surface area (Å²) in [6.07, 6.45) is 1.36. The number of hydrogen-bond acceptors (Lipinski definition) is 6. The van der Waals surface area contributed by atoms with Gasteiger partial charge in [-0.15, -0.1) is 0 Å². The molecule has 0 bridgehead atoms. The molecule has 5 amide bonds. The zero-order chi connectivity index (χ0) is 29.1. The number of carbonyl (C=O) groups is 4. The molecule has 0 aromatic heterocycles. The number of methoxy groups -OCH3 is 1. The first-order valence-electron chi connectivity index (χ1n) is 12.0. The second-order valence-corrected chi connectivity index (χ2v) is 10.6. The number of amides is 5. The fourth-order valence-corrected chi connectivity index (χ4v) is 4.95. The van der Waals surface area contributed by atoms with Crippen molar-refractivity contribution in [2.75, 3.05) is 23.9 Å². The summed E-state index contributed by atoms with van der Waals surface area (Å²) in [5, 5.41) is 5.38. The standard InChI is InChI=1S/C29H25ClIN3O6/c1-15-8-9-19(10-16(15)2)32-25(35)14-40-26-22(31)12-18(13-24(26)39-4)11-20-27(36)33-29(38)34(28(20)37)23-7-5-6-21(30)17(23)3/h5-13H,14H2,1-4H3,(H,32,35)(H,33,36,38)/b20-11-. The molecule has 1 aliphatic rings. The summed E-state index contributed by atoms with van der Waals surface area (Å²) in [7, 11) is 1.44. The third-order valence-electron chi connectivity index (χ3n) is 6.28. The summed E-state index contributed by atoms with van der Waals surface area (Å²) >= 11 is 8.20. The number of halogens is 2. The van der Waals surface area contributed by atoms with Gasteiger partial charge >= 0.3 is 6.03 Å². The highest BCUT2D eigenvalue weighted by Gasteiger charge is 2.37. The summed E-state index contributed by atoms with van der Waals surface area (Å²) < 4.78 is 11.8. The van der Waals surface area contributed by atoms with Crippen LogP contribution in [0.4, 0.5) is 16.2 Å². The highest BCUT2D eigenvalue weighted by Crippen LogP contribution is 2.35. The Labute approximate surface area is 249 Å². The van der Waals surface area contributed by atoms with Gasteiger partial charge < -0.3 is 14.8 Å². The Hall–Kier alpha value is -3.90. The number of barbiturate groups is 1. The van der Waals surface area contributed by atoms with Gasteiger partial charge in [-0.05, 0) is 108 Å². The first-order chi connectivity index (χ1) is 19.0. The van der Waals surface area contributed by atoms with Crippen LogP contribution in [0.2, 0.25) is 5.02 Å². The summed E-state index contributed by atoms with van der Waals surface area (Å²) in [6.45, 7) is 5.36. The minimum atomic E-state index is -0.868. The molecule has 0 saturated carbocycles. The number of anilines is 2. The Balaban J connectivity index is 1.57. The van der Waals surface area contributed by atoms with E-state index in [1.54, 1.807) is 37.3 Å².